The molecule has 1 N–H and O–H groups in total. The molecule has 0 aliphatic rings. The Morgan fingerprint density at radius 2 is 2.23 bits per heavy atom. The molecule has 1 heterocycles. The summed E-state index contributed by atoms with van der Waals surface area (Å²) in [6.07, 6.45) is 6.04. The molecule has 5 heteroatoms. The number of rotatable bonds is 7. The molecular weight excluding hydrogens is 282 g/mol. The molecule has 1 amide bonds. The van der Waals surface area contributed by atoms with E-state index >= 15 is 0 Å². The van der Waals surface area contributed by atoms with E-state index in [1.54, 1.807) is 38.9 Å². The number of ether oxygens (including phenoxy) is 2. The predicted octanol–water partition coefficient (Wildman–Crippen LogP) is 2.81. The smallest absolute Gasteiger partial charge is 0.244 e. The van der Waals surface area contributed by atoms with Crippen molar-refractivity contribution in [2.45, 2.75) is 6.10 Å². The fourth-order valence-electron chi connectivity index (χ4n) is 1.97. The second-order valence-electron chi connectivity index (χ2n) is 4.64. The molecule has 0 radical (unpaired) electrons. The Kier molecular flexibility index (Phi) is 5.80. The summed E-state index contributed by atoms with van der Waals surface area (Å²) in [5.74, 6) is 0.567. The highest BCUT2D eigenvalue weighted by atomic mass is 16.5. The van der Waals surface area contributed by atoms with Gasteiger partial charge in [-0.2, -0.15) is 0 Å². The first-order valence-electron chi connectivity index (χ1n) is 6.88. The monoisotopic (exact) mass is 301 g/mol. The van der Waals surface area contributed by atoms with Gasteiger partial charge in [0.05, 0.1) is 25.7 Å². The van der Waals surface area contributed by atoms with Crippen LogP contribution < -0.4 is 10.1 Å². The van der Waals surface area contributed by atoms with Crippen LogP contribution in [0.2, 0.25) is 0 Å². The molecule has 1 unspecified atom stereocenters. The van der Waals surface area contributed by atoms with Crippen LogP contribution in [0, 0.1) is 0 Å². The number of methoxy groups -OCH3 is 2. The first-order chi connectivity index (χ1) is 10.7. The summed E-state index contributed by atoms with van der Waals surface area (Å²) in [6, 6.07) is 9.35. The van der Waals surface area contributed by atoms with Crippen molar-refractivity contribution in [3.63, 3.8) is 0 Å². The summed E-state index contributed by atoms with van der Waals surface area (Å²) in [5.41, 5.74) is 1.78. The Morgan fingerprint density at radius 1 is 1.36 bits per heavy atom. The van der Waals surface area contributed by atoms with Gasteiger partial charge in [0, 0.05) is 25.3 Å². The van der Waals surface area contributed by atoms with Crippen molar-refractivity contribution in [2.75, 3.05) is 20.8 Å². The third-order valence-electron chi connectivity index (χ3n) is 3.18. The molecule has 0 saturated carbocycles. The number of hydrogen-bond donors (Lipinski definition) is 1. The highest BCUT2D eigenvalue weighted by molar-refractivity contribution is 5.91. The lowest BCUT2D eigenvalue weighted by Crippen LogP contribution is -2.27. The van der Waals surface area contributed by atoms with E-state index in [0.717, 1.165) is 16.9 Å². The molecule has 0 bridgehead atoms. The van der Waals surface area contributed by atoms with Crippen LogP contribution in [0.3, 0.4) is 0 Å². The van der Waals surface area contributed by atoms with Crippen LogP contribution >= 0.6 is 0 Å². The third kappa shape index (κ3) is 4.49. The van der Waals surface area contributed by atoms with E-state index in [2.05, 4.69) is 5.32 Å². The SMILES string of the molecule is COc1cccc(C(CNC(=O)/C=C/c2ccoc2)OC)c1. The quantitative estimate of drug-likeness (QED) is 0.799. The lowest BCUT2D eigenvalue weighted by Gasteiger charge is -2.16. The van der Waals surface area contributed by atoms with Crippen LogP contribution in [0.15, 0.2) is 53.4 Å². The van der Waals surface area contributed by atoms with E-state index in [0.29, 0.717) is 6.54 Å². The van der Waals surface area contributed by atoms with E-state index in [4.69, 9.17) is 13.9 Å². The van der Waals surface area contributed by atoms with Gasteiger partial charge in [0.15, 0.2) is 0 Å². The molecule has 0 fully saturated rings. The molecule has 0 saturated heterocycles. The van der Waals surface area contributed by atoms with Gasteiger partial charge >= 0.3 is 0 Å². The number of carbonyl (C=O) groups is 1. The third-order valence-corrected chi connectivity index (χ3v) is 3.18. The Hall–Kier alpha value is -2.53. The molecule has 1 atom stereocenters. The summed E-state index contributed by atoms with van der Waals surface area (Å²) in [4.78, 5) is 11.8. The Morgan fingerprint density at radius 3 is 2.91 bits per heavy atom. The number of amides is 1. The van der Waals surface area contributed by atoms with Gasteiger partial charge in [-0.1, -0.05) is 12.1 Å². The Bertz CT molecular complexity index is 619. The van der Waals surface area contributed by atoms with Crippen LogP contribution in [-0.2, 0) is 9.53 Å². The zero-order valence-corrected chi connectivity index (χ0v) is 12.6. The van der Waals surface area contributed by atoms with Gasteiger partial charge < -0.3 is 19.2 Å². The van der Waals surface area contributed by atoms with Crippen molar-refractivity contribution in [3.8, 4) is 5.75 Å². The standard InChI is InChI=1S/C17H19NO4/c1-20-15-5-3-4-14(10-15)16(21-2)11-18-17(19)7-6-13-8-9-22-12-13/h3-10,12,16H,11H2,1-2H3,(H,18,19)/b7-6+. The van der Waals surface area contributed by atoms with E-state index in [1.165, 1.54) is 6.08 Å². The molecule has 1 aromatic carbocycles. The molecule has 2 rings (SSSR count). The topological polar surface area (TPSA) is 60.7 Å². The fourth-order valence-corrected chi connectivity index (χ4v) is 1.97. The minimum absolute atomic E-state index is 0.189. The van der Waals surface area contributed by atoms with Gasteiger partial charge in [-0.15, -0.1) is 0 Å². The van der Waals surface area contributed by atoms with Crippen LogP contribution in [-0.4, -0.2) is 26.7 Å². The number of benzene rings is 1. The highest BCUT2D eigenvalue weighted by Gasteiger charge is 2.12. The van der Waals surface area contributed by atoms with Gasteiger partial charge in [0.1, 0.15) is 5.75 Å². The average molecular weight is 301 g/mol. The fraction of sp³-hybridized carbons (Fsp3) is 0.235. The van der Waals surface area contributed by atoms with Crippen molar-refractivity contribution in [3.05, 3.63) is 60.1 Å². The van der Waals surface area contributed by atoms with Crippen LogP contribution in [0.5, 0.6) is 5.75 Å². The highest BCUT2D eigenvalue weighted by Crippen LogP contribution is 2.20. The summed E-state index contributed by atoms with van der Waals surface area (Å²) in [5, 5.41) is 2.81. The van der Waals surface area contributed by atoms with Crippen molar-refractivity contribution >= 4 is 12.0 Å². The van der Waals surface area contributed by atoms with Gasteiger partial charge in [0.25, 0.3) is 0 Å². The zero-order valence-electron chi connectivity index (χ0n) is 12.6. The largest absolute Gasteiger partial charge is 0.497 e. The molecule has 5 nitrogen and oxygen atoms in total. The van der Waals surface area contributed by atoms with E-state index in [1.807, 2.05) is 24.3 Å². The van der Waals surface area contributed by atoms with Gasteiger partial charge in [-0.05, 0) is 29.8 Å². The molecular formula is C17H19NO4. The minimum Gasteiger partial charge on any atom is -0.497 e. The molecule has 0 aliphatic heterocycles. The summed E-state index contributed by atoms with van der Waals surface area (Å²) < 4.78 is 15.5. The first kappa shape index (κ1) is 15.9. The Balaban J connectivity index is 1.91. The minimum atomic E-state index is -0.235. The molecule has 116 valence electrons. The average Bonchev–Trinajstić information content (AvgIpc) is 3.07. The van der Waals surface area contributed by atoms with Gasteiger partial charge in [0.2, 0.25) is 5.91 Å². The van der Waals surface area contributed by atoms with Crippen LogP contribution in [0.25, 0.3) is 6.08 Å². The summed E-state index contributed by atoms with van der Waals surface area (Å²) in [7, 11) is 3.22. The first-order valence-corrected chi connectivity index (χ1v) is 6.88. The maximum absolute atomic E-state index is 11.8. The maximum atomic E-state index is 11.8. The Labute approximate surface area is 129 Å². The molecule has 0 spiro atoms. The van der Waals surface area contributed by atoms with Crippen molar-refractivity contribution in [1.29, 1.82) is 0 Å². The number of nitrogens with one attached hydrogen (secondary N) is 1. The number of carbonyl (C=O) groups excluding carboxylic acids is 1. The second kappa shape index (κ2) is 8.05. The lowest BCUT2D eigenvalue weighted by molar-refractivity contribution is -0.117. The normalized spacial score (nSPS) is 12.3. The predicted molar refractivity (Wildman–Crippen MR) is 83.5 cm³/mol. The summed E-state index contributed by atoms with van der Waals surface area (Å²) in [6.45, 7) is 0.373. The molecule has 0 aliphatic carbocycles. The summed E-state index contributed by atoms with van der Waals surface area (Å²) >= 11 is 0. The number of hydrogen-bond acceptors (Lipinski definition) is 4. The van der Waals surface area contributed by atoms with Crippen LogP contribution in [0.1, 0.15) is 17.2 Å². The molecule has 2 aromatic rings. The van der Waals surface area contributed by atoms with Gasteiger partial charge in [-0.3, -0.25) is 4.79 Å². The van der Waals surface area contributed by atoms with Crippen molar-refractivity contribution < 1.29 is 18.7 Å². The molecule has 22 heavy (non-hydrogen) atoms. The van der Waals surface area contributed by atoms with E-state index in [-0.39, 0.29) is 12.0 Å². The second-order valence-corrected chi connectivity index (χ2v) is 4.64. The van der Waals surface area contributed by atoms with Gasteiger partial charge in [-0.25, -0.2) is 0 Å². The maximum Gasteiger partial charge on any atom is 0.244 e. The molecule has 1 aromatic heterocycles. The van der Waals surface area contributed by atoms with E-state index in [9.17, 15) is 4.79 Å². The lowest BCUT2D eigenvalue weighted by atomic mass is 10.1. The van der Waals surface area contributed by atoms with Crippen LogP contribution in [0.4, 0.5) is 0 Å². The zero-order chi connectivity index (χ0) is 15.8. The number of furan rings is 1. The van der Waals surface area contributed by atoms with E-state index < -0.39 is 0 Å². The van der Waals surface area contributed by atoms with Crippen molar-refractivity contribution in [2.24, 2.45) is 0 Å². The van der Waals surface area contributed by atoms with Crippen molar-refractivity contribution in [1.82, 2.24) is 5.32 Å².